The van der Waals surface area contributed by atoms with Gasteiger partial charge >= 0.3 is 6.03 Å². The summed E-state index contributed by atoms with van der Waals surface area (Å²) in [6.45, 7) is 0.659. The molecule has 31 heavy (non-hydrogen) atoms. The van der Waals surface area contributed by atoms with Gasteiger partial charge in [0.2, 0.25) is 0 Å². The molecule has 0 aliphatic heterocycles. The second-order valence-corrected chi connectivity index (χ2v) is 8.40. The van der Waals surface area contributed by atoms with Crippen molar-refractivity contribution in [3.63, 3.8) is 0 Å². The number of urea groups is 1. The van der Waals surface area contributed by atoms with Crippen LogP contribution in [0.25, 0.3) is 10.9 Å². The number of rotatable bonds is 6. The summed E-state index contributed by atoms with van der Waals surface area (Å²) in [5.41, 5.74) is 7.99. The van der Waals surface area contributed by atoms with Crippen molar-refractivity contribution in [2.24, 2.45) is 5.73 Å². The van der Waals surface area contributed by atoms with Gasteiger partial charge in [-0.15, -0.1) is 0 Å². The molecule has 1 aliphatic rings. The molecule has 0 saturated heterocycles. The van der Waals surface area contributed by atoms with Gasteiger partial charge < -0.3 is 10.5 Å². The molecule has 162 valence electrons. The molecule has 1 aliphatic carbocycles. The number of carbonyl (C=O) groups is 1. The molecule has 1 heterocycles. The van der Waals surface area contributed by atoms with Gasteiger partial charge in [0.05, 0.1) is 30.5 Å². The zero-order valence-electron chi connectivity index (χ0n) is 17.6. The van der Waals surface area contributed by atoms with E-state index in [1.807, 2.05) is 42.5 Å². The summed E-state index contributed by atoms with van der Waals surface area (Å²) in [6, 6.07) is 21.4. The maximum atomic E-state index is 11.5. The summed E-state index contributed by atoms with van der Waals surface area (Å²) in [6.07, 6.45) is 4.49. The van der Waals surface area contributed by atoms with Crippen molar-refractivity contribution in [1.29, 1.82) is 0 Å². The number of carbonyl (C=O) groups excluding carboxylic acids is 1. The first-order valence-electron chi connectivity index (χ1n) is 10.8. The third-order valence-corrected chi connectivity index (χ3v) is 6.34. The number of primary amides is 1. The number of pyridine rings is 1. The highest BCUT2D eigenvalue weighted by atomic mass is 16.5. The first-order chi connectivity index (χ1) is 15.1. The SMILES string of the molecule is NC(=O)N(O)CC1(c2ccccc2)CCCC(OCc2ccc3ccccc3n2)CC1. The number of hydrogen-bond donors (Lipinski definition) is 2. The largest absolute Gasteiger partial charge is 0.372 e. The Morgan fingerprint density at radius 2 is 1.84 bits per heavy atom. The number of hydrogen-bond acceptors (Lipinski definition) is 4. The number of ether oxygens (including phenoxy) is 1. The van der Waals surface area contributed by atoms with E-state index in [2.05, 4.69) is 24.3 Å². The van der Waals surface area contributed by atoms with E-state index in [-0.39, 0.29) is 18.1 Å². The van der Waals surface area contributed by atoms with Crippen molar-refractivity contribution in [1.82, 2.24) is 10.0 Å². The number of para-hydroxylation sites is 1. The van der Waals surface area contributed by atoms with Crippen molar-refractivity contribution in [2.75, 3.05) is 6.54 Å². The monoisotopic (exact) mass is 419 g/mol. The molecule has 2 aromatic carbocycles. The van der Waals surface area contributed by atoms with Gasteiger partial charge in [-0.1, -0.05) is 54.6 Å². The predicted octanol–water partition coefficient (Wildman–Crippen LogP) is 4.79. The highest BCUT2D eigenvalue weighted by molar-refractivity contribution is 5.78. The zero-order chi connectivity index (χ0) is 21.7. The quantitative estimate of drug-likeness (QED) is 0.341. The van der Waals surface area contributed by atoms with E-state index in [1.165, 1.54) is 0 Å². The summed E-state index contributed by atoms with van der Waals surface area (Å²) < 4.78 is 6.25. The summed E-state index contributed by atoms with van der Waals surface area (Å²) in [4.78, 5) is 16.2. The molecule has 3 aromatic rings. The summed E-state index contributed by atoms with van der Waals surface area (Å²) in [7, 11) is 0. The van der Waals surface area contributed by atoms with Crippen molar-refractivity contribution >= 4 is 16.9 Å². The molecular weight excluding hydrogens is 390 g/mol. The molecule has 1 aromatic heterocycles. The Morgan fingerprint density at radius 3 is 2.65 bits per heavy atom. The average molecular weight is 420 g/mol. The minimum absolute atomic E-state index is 0.111. The summed E-state index contributed by atoms with van der Waals surface area (Å²) >= 11 is 0. The van der Waals surface area contributed by atoms with E-state index in [0.717, 1.165) is 54.3 Å². The lowest BCUT2D eigenvalue weighted by Crippen LogP contribution is -2.44. The summed E-state index contributed by atoms with van der Waals surface area (Å²) in [5, 5.41) is 11.9. The lowest BCUT2D eigenvalue weighted by molar-refractivity contribution is -0.0585. The number of nitrogens with zero attached hydrogens (tertiary/aromatic N) is 2. The van der Waals surface area contributed by atoms with Gasteiger partial charge in [-0.3, -0.25) is 10.2 Å². The van der Waals surface area contributed by atoms with Crippen LogP contribution in [0.2, 0.25) is 0 Å². The number of hydroxylamine groups is 2. The molecule has 1 fully saturated rings. The van der Waals surface area contributed by atoms with Gasteiger partial charge in [0.25, 0.3) is 0 Å². The zero-order valence-corrected chi connectivity index (χ0v) is 17.6. The Bertz CT molecular complexity index is 1030. The standard InChI is InChI=1S/C25H29N3O3/c26-24(29)28(30)18-25(20-8-2-1-3-9-20)15-6-10-22(14-16-25)31-17-21-13-12-19-7-4-5-11-23(19)27-21/h1-5,7-9,11-13,22,30H,6,10,14-18H2,(H2,26,29). The number of nitrogens with two attached hydrogens (primary N) is 1. The van der Waals surface area contributed by atoms with E-state index in [4.69, 9.17) is 15.5 Å². The van der Waals surface area contributed by atoms with Crippen LogP contribution in [0.15, 0.2) is 66.7 Å². The maximum absolute atomic E-state index is 11.5. The topological polar surface area (TPSA) is 88.7 Å². The number of aromatic nitrogens is 1. The molecule has 2 unspecified atom stereocenters. The van der Waals surface area contributed by atoms with Crippen LogP contribution in [-0.4, -0.2) is 33.9 Å². The van der Waals surface area contributed by atoms with Crippen LogP contribution in [0.5, 0.6) is 0 Å². The molecule has 6 nitrogen and oxygen atoms in total. The first-order valence-corrected chi connectivity index (χ1v) is 10.8. The highest BCUT2D eigenvalue weighted by Gasteiger charge is 2.37. The fourth-order valence-corrected chi connectivity index (χ4v) is 4.63. The van der Waals surface area contributed by atoms with Gasteiger partial charge in [0.1, 0.15) is 0 Å². The van der Waals surface area contributed by atoms with Gasteiger partial charge in [-0.05, 0) is 49.8 Å². The fraction of sp³-hybridized carbons (Fsp3) is 0.360. The Balaban J connectivity index is 1.45. The third kappa shape index (κ3) is 5.03. The molecular formula is C25H29N3O3. The van der Waals surface area contributed by atoms with Crippen molar-refractivity contribution in [3.8, 4) is 0 Å². The lowest BCUT2D eigenvalue weighted by Gasteiger charge is -2.35. The smallest absolute Gasteiger partial charge is 0.338 e. The number of amides is 2. The summed E-state index contributed by atoms with van der Waals surface area (Å²) in [5.74, 6) is 0. The third-order valence-electron chi connectivity index (χ3n) is 6.34. The molecule has 2 amide bonds. The normalized spacial score (nSPS) is 21.5. The Labute approximate surface area is 182 Å². The van der Waals surface area contributed by atoms with Crippen molar-refractivity contribution in [3.05, 3.63) is 78.0 Å². The Hall–Kier alpha value is -2.96. The molecule has 0 bridgehead atoms. The van der Waals surface area contributed by atoms with E-state index in [1.54, 1.807) is 0 Å². The molecule has 2 atom stereocenters. The number of benzene rings is 2. The van der Waals surface area contributed by atoms with E-state index >= 15 is 0 Å². The lowest BCUT2D eigenvalue weighted by atomic mass is 9.74. The second kappa shape index (κ2) is 9.45. The molecule has 0 spiro atoms. The van der Waals surface area contributed by atoms with E-state index < -0.39 is 6.03 Å². The van der Waals surface area contributed by atoms with Gasteiger partial charge in [-0.2, -0.15) is 0 Å². The van der Waals surface area contributed by atoms with Gasteiger partial charge in [0, 0.05) is 10.8 Å². The average Bonchev–Trinajstić information content (AvgIpc) is 3.01. The van der Waals surface area contributed by atoms with Gasteiger partial charge in [-0.25, -0.2) is 9.86 Å². The van der Waals surface area contributed by atoms with Gasteiger partial charge in [0.15, 0.2) is 0 Å². The number of fused-ring (bicyclic) bond motifs is 1. The van der Waals surface area contributed by atoms with E-state index in [9.17, 15) is 10.0 Å². The van der Waals surface area contributed by atoms with Crippen molar-refractivity contribution < 1.29 is 14.7 Å². The second-order valence-electron chi connectivity index (χ2n) is 8.40. The molecule has 6 heteroatoms. The molecule has 4 rings (SSSR count). The highest BCUT2D eigenvalue weighted by Crippen LogP contribution is 2.39. The predicted molar refractivity (Wildman–Crippen MR) is 120 cm³/mol. The fourth-order valence-electron chi connectivity index (χ4n) is 4.63. The first kappa shape index (κ1) is 21.3. The molecule has 3 N–H and O–H groups in total. The Morgan fingerprint density at radius 1 is 1.06 bits per heavy atom. The van der Waals surface area contributed by atoms with Crippen LogP contribution >= 0.6 is 0 Å². The Kier molecular flexibility index (Phi) is 6.49. The van der Waals surface area contributed by atoms with Crippen molar-refractivity contribution in [2.45, 2.75) is 50.2 Å². The minimum Gasteiger partial charge on any atom is -0.372 e. The van der Waals surface area contributed by atoms with Crippen LogP contribution in [0.4, 0.5) is 4.79 Å². The van der Waals surface area contributed by atoms with Crippen LogP contribution in [-0.2, 0) is 16.8 Å². The van der Waals surface area contributed by atoms with E-state index in [0.29, 0.717) is 11.7 Å². The van der Waals surface area contributed by atoms with Crippen LogP contribution in [0.1, 0.15) is 43.4 Å². The molecule has 1 saturated carbocycles. The maximum Gasteiger partial charge on any atom is 0.338 e. The van der Waals surface area contributed by atoms with Crippen LogP contribution < -0.4 is 5.73 Å². The van der Waals surface area contributed by atoms with Crippen LogP contribution in [0, 0.1) is 0 Å². The molecule has 0 radical (unpaired) electrons. The van der Waals surface area contributed by atoms with Crippen LogP contribution in [0.3, 0.4) is 0 Å². The minimum atomic E-state index is -0.824.